The van der Waals surface area contributed by atoms with E-state index in [0.29, 0.717) is 0 Å². The Bertz CT molecular complexity index is 277. The van der Waals surface area contributed by atoms with Crippen LogP contribution in [0.25, 0.3) is 0 Å². The number of carbonyl (C=O) groups is 1. The lowest BCUT2D eigenvalue weighted by molar-refractivity contribution is -0.269. The van der Waals surface area contributed by atoms with Crippen LogP contribution in [0.4, 0.5) is 0 Å². The Kier molecular flexibility index (Phi) is 5.93. The quantitative estimate of drug-likeness (QED) is 0.355. The van der Waals surface area contributed by atoms with Gasteiger partial charge in [-0.1, -0.05) is 0 Å². The van der Waals surface area contributed by atoms with Crippen molar-refractivity contribution in [3.8, 4) is 0 Å². The first kappa shape index (κ1) is 15.3. The van der Waals surface area contributed by atoms with Crippen molar-refractivity contribution < 1.29 is 29.6 Å². The van der Waals surface area contributed by atoms with Crippen molar-refractivity contribution >= 4 is 5.91 Å². The number of carbonyl (C=O) groups excluding carboxylic acids is 1. The van der Waals surface area contributed by atoms with E-state index in [1.54, 1.807) is 0 Å². The van der Waals surface area contributed by atoms with Crippen molar-refractivity contribution in [3.05, 3.63) is 0 Å². The second kappa shape index (κ2) is 6.98. The van der Waals surface area contributed by atoms with Gasteiger partial charge >= 0.3 is 0 Å². The van der Waals surface area contributed by atoms with E-state index in [4.69, 9.17) is 20.3 Å². The molecule has 0 radical (unpaired) electrons. The van der Waals surface area contributed by atoms with Crippen LogP contribution in [0, 0.1) is 0 Å². The summed E-state index contributed by atoms with van der Waals surface area (Å²) in [5.74, 6) is -0.390. The molecule has 0 aliphatic carbocycles. The Hall–Kier alpha value is -0.770. The van der Waals surface area contributed by atoms with E-state index in [0.717, 1.165) is 0 Å². The highest BCUT2D eigenvalue weighted by molar-refractivity contribution is 5.73. The number of aliphatic hydroxyl groups is 3. The van der Waals surface area contributed by atoms with E-state index in [-0.39, 0.29) is 13.2 Å². The lowest BCUT2D eigenvalue weighted by atomic mass is 9.97. The van der Waals surface area contributed by atoms with Crippen molar-refractivity contribution in [3.63, 3.8) is 0 Å². The molecule has 8 heteroatoms. The molecule has 6 N–H and O–H groups in total. The number of hydrogen-bond donors (Lipinski definition) is 5. The smallest absolute Gasteiger partial charge is 0.217 e. The lowest BCUT2D eigenvalue weighted by Gasteiger charge is -2.42. The molecule has 1 amide bonds. The van der Waals surface area contributed by atoms with E-state index in [1.165, 1.54) is 6.92 Å². The largest absolute Gasteiger partial charge is 0.394 e. The van der Waals surface area contributed by atoms with Gasteiger partial charge in [-0.2, -0.15) is 0 Å². The van der Waals surface area contributed by atoms with Gasteiger partial charge in [-0.15, -0.1) is 0 Å². The molecule has 0 bridgehead atoms. The first-order chi connectivity index (χ1) is 8.51. The third-order valence-corrected chi connectivity index (χ3v) is 2.65. The van der Waals surface area contributed by atoms with Gasteiger partial charge in [0.2, 0.25) is 5.91 Å². The predicted octanol–water partition coefficient (Wildman–Crippen LogP) is -3.09. The molecule has 1 saturated heterocycles. The number of nitrogens with one attached hydrogen (secondary N) is 1. The number of hydrogen-bond acceptors (Lipinski definition) is 7. The molecule has 1 fully saturated rings. The van der Waals surface area contributed by atoms with Gasteiger partial charge in [-0.25, -0.2) is 0 Å². The fourth-order valence-corrected chi connectivity index (χ4v) is 1.80. The molecule has 2 unspecified atom stereocenters. The van der Waals surface area contributed by atoms with Crippen LogP contribution in [0.2, 0.25) is 0 Å². The summed E-state index contributed by atoms with van der Waals surface area (Å²) in [6.07, 6.45) is -4.52. The number of nitrogens with two attached hydrogens (primary N) is 1. The van der Waals surface area contributed by atoms with Gasteiger partial charge in [0.25, 0.3) is 0 Å². The van der Waals surface area contributed by atoms with Crippen LogP contribution in [-0.2, 0) is 14.3 Å². The van der Waals surface area contributed by atoms with E-state index < -0.39 is 43.2 Å². The molecule has 0 aromatic heterocycles. The minimum atomic E-state index is -1.30. The molecule has 8 nitrogen and oxygen atoms in total. The van der Waals surface area contributed by atoms with E-state index in [2.05, 4.69) is 5.32 Å². The van der Waals surface area contributed by atoms with Gasteiger partial charge in [0, 0.05) is 13.5 Å². The molecule has 5 atom stereocenters. The number of rotatable bonds is 5. The zero-order valence-corrected chi connectivity index (χ0v) is 10.2. The van der Waals surface area contributed by atoms with Crippen molar-refractivity contribution in [1.29, 1.82) is 0 Å². The van der Waals surface area contributed by atoms with E-state index >= 15 is 0 Å². The van der Waals surface area contributed by atoms with Crippen LogP contribution in [-0.4, -0.2) is 71.6 Å². The molecule has 1 aliphatic rings. The van der Waals surface area contributed by atoms with Crippen molar-refractivity contribution in [2.45, 2.75) is 37.6 Å². The van der Waals surface area contributed by atoms with Crippen LogP contribution >= 0.6 is 0 Å². The highest BCUT2D eigenvalue weighted by Crippen LogP contribution is 2.21. The maximum atomic E-state index is 11.0. The number of aliphatic hydroxyl groups excluding tert-OH is 3. The molecule has 1 rings (SSSR count). The topological polar surface area (TPSA) is 134 Å². The summed E-state index contributed by atoms with van der Waals surface area (Å²) < 4.78 is 10.5. The molecule has 0 saturated carbocycles. The van der Waals surface area contributed by atoms with Crippen molar-refractivity contribution in [1.82, 2.24) is 5.32 Å². The monoisotopic (exact) mass is 264 g/mol. The molecular formula is C10H20N2O6. The average Bonchev–Trinajstić information content (AvgIpc) is 2.33. The Morgan fingerprint density at radius 3 is 2.61 bits per heavy atom. The molecule has 1 aliphatic heterocycles. The van der Waals surface area contributed by atoms with Crippen LogP contribution in [0.1, 0.15) is 6.92 Å². The van der Waals surface area contributed by atoms with Gasteiger partial charge in [-0.3, -0.25) is 4.79 Å². The fraction of sp³-hybridized carbons (Fsp3) is 0.900. The SMILES string of the molecule is CC(=O)NC1[C@H](OCCN)OC(CO)[C@@H](O)[C@@H]1O. The zero-order chi connectivity index (χ0) is 13.7. The Labute approximate surface area is 105 Å². The maximum absolute atomic E-state index is 11.0. The number of ether oxygens (including phenoxy) is 2. The normalized spacial score (nSPS) is 36.4. The molecule has 0 aromatic carbocycles. The standard InChI is InChI=1S/C10H20N2O6/c1-5(14)12-7-9(16)8(15)6(4-13)18-10(7)17-3-2-11/h6-10,13,15-16H,2-4,11H2,1H3,(H,12,14)/t6?,7?,8-,9-,10-/m1/s1. The molecule has 0 aromatic rings. The van der Waals surface area contributed by atoms with Gasteiger partial charge < -0.3 is 35.8 Å². The van der Waals surface area contributed by atoms with Gasteiger partial charge in [0.1, 0.15) is 24.4 Å². The summed E-state index contributed by atoms with van der Waals surface area (Å²) in [6.45, 7) is 1.22. The highest BCUT2D eigenvalue weighted by atomic mass is 16.7. The van der Waals surface area contributed by atoms with Crippen LogP contribution < -0.4 is 11.1 Å². The zero-order valence-electron chi connectivity index (χ0n) is 10.2. The molecular weight excluding hydrogens is 244 g/mol. The summed E-state index contributed by atoms with van der Waals surface area (Å²) in [5, 5.41) is 31.1. The van der Waals surface area contributed by atoms with Crippen LogP contribution in [0.15, 0.2) is 0 Å². The van der Waals surface area contributed by atoms with E-state index in [1.807, 2.05) is 0 Å². The average molecular weight is 264 g/mol. The maximum Gasteiger partial charge on any atom is 0.217 e. The highest BCUT2D eigenvalue weighted by Gasteiger charge is 2.45. The van der Waals surface area contributed by atoms with Crippen LogP contribution in [0.5, 0.6) is 0 Å². The molecule has 18 heavy (non-hydrogen) atoms. The Balaban J connectivity index is 2.76. The second-order valence-corrected chi connectivity index (χ2v) is 4.09. The van der Waals surface area contributed by atoms with Gasteiger partial charge in [0.15, 0.2) is 6.29 Å². The summed E-state index contributed by atoms with van der Waals surface area (Å²) in [4.78, 5) is 11.0. The summed E-state index contributed by atoms with van der Waals surface area (Å²) in [7, 11) is 0. The second-order valence-electron chi connectivity index (χ2n) is 4.09. The third-order valence-electron chi connectivity index (χ3n) is 2.65. The first-order valence-corrected chi connectivity index (χ1v) is 5.72. The summed E-state index contributed by atoms with van der Waals surface area (Å²) in [6, 6.07) is -0.910. The minimum absolute atomic E-state index is 0.168. The fourth-order valence-electron chi connectivity index (χ4n) is 1.80. The molecule has 1 heterocycles. The lowest BCUT2D eigenvalue weighted by Crippen LogP contribution is -2.64. The molecule has 0 spiro atoms. The summed E-state index contributed by atoms with van der Waals surface area (Å²) in [5.41, 5.74) is 5.29. The Morgan fingerprint density at radius 1 is 1.44 bits per heavy atom. The number of amides is 1. The van der Waals surface area contributed by atoms with E-state index in [9.17, 15) is 15.0 Å². The minimum Gasteiger partial charge on any atom is -0.394 e. The van der Waals surface area contributed by atoms with Crippen LogP contribution in [0.3, 0.4) is 0 Å². The predicted molar refractivity (Wildman–Crippen MR) is 60.4 cm³/mol. The first-order valence-electron chi connectivity index (χ1n) is 5.72. The summed E-state index contributed by atoms with van der Waals surface area (Å²) >= 11 is 0. The van der Waals surface area contributed by atoms with Crippen molar-refractivity contribution in [2.24, 2.45) is 5.73 Å². The third kappa shape index (κ3) is 3.61. The Morgan fingerprint density at radius 2 is 2.11 bits per heavy atom. The van der Waals surface area contributed by atoms with Gasteiger partial charge in [0.05, 0.1) is 13.2 Å². The van der Waals surface area contributed by atoms with Crippen molar-refractivity contribution in [2.75, 3.05) is 19.8 Å². The van der Waals surface area contributed by atoms with Gasteiger partial charge in [-0.05, 0) is 0 Å². The molecule has 106 valence electrons.